The summed E-state index contributed by atoms with van der Waals surface area (Å²) in [6.45, 7) is 4.24. The van der Waals surface area contributed by atoms with Crippen molar-refractivity contribution in [2.75, 3.05) is 39.7 Å². The second kappa shape index (κ2) is 8.78. The van der Waals surface area contributed by atoms with Gasteiger partial charge < -0.3 is 24.8 Å². The maximum absolute atomic E-state index is 12.4. The lowest BCUT2D eigenvalue weighted by atomic mass is 9.84. The highest BCUT2D eigenvalue weighted by Gasteiger charge is 2.23. The lowest BCUT2D eigenvalue weighted by Gasteiger charge is -2.28. The van der Waals surface area contributed by atoms with Crippen LogP contribution in [0.25, 0.3) is 0 Å². The summed E-state index contributed by atoms with van der Waals surface area (Å²) in [5.74, 6) is 2.47. The van der Waals surface area contributed by atoms with Crippen LogP contribution in [0.3, 0.4) is 0 Å². The van der Waals surface area contributed by atoms with Gasteiger partial charge in [-0.3, -0.25) is 4.79 Å². The first kappa shape index (κ1) is 18.4. The van der Waals surface area contributed by atoms with Gasteiger partial charge in [-0.15, -0.1) is 0 Å². The van der Waals surface area contributed by atoms with Gasteiger partial charge >= 0.3 is 0 Å². The summed E-state index contributed by atoms with van der Waals surface area (Å²) in [5.41, 5.74) is 0.595. The van der Waals surface area contributed by atoms with Crippen LogP contribution in [-0.4, -0.2) is 40.3 Å². The quantitative estimate of drug-likeness (QED) is 0.801. The second-order valence-electron chi connectivity index (χ2n) is 6.20. The molecule has 1 aromatic carbocycles. The highest BCUT2D eigenvalue weighted by Crippen LogP contribution is 2.42. The Morgan fingerprint density at radius 2 is 1.83 bits per heavy atom. The summed E-state index contributed by atoms with van der Waals surface area (Å²) in [5, 5.41) is 6.30. The Balaban J connectivity index is 2.05. The van der Waals surface area contributed by atoms with E-state index in [1.54, 1.807) is 33.5 Å². The average Bonchev–Trinajstić information content (AvgIpc) is 2.61. The maximum atomic E-state index is 12.4. The first-order valence-electron chi connectivity index (χ1n) is 8.40. The number of methoxy groups -OCH3 is 3. The van der Waals surface area contributed by atoms with Crippen LogP contribution >= 0.6 is 0 Å². The van der Waals surface area contributed by atoms with Crippen molar-refractivity contribution in [3.8, 4) is 17.2 Å². The van der Waals surface area contributed by atoms with Gasteiger partial charge in [0, 0.05) is 6.42 Å². The number of nitrogens with one attached hydrogen (secondary N) is 2. The van der Waals surface area contributed by atoms with E-state index >= 15 is 0 Å². The lowest BCUT2D eigenvalue weighted by molar-refractivity contribution is -0.117. The molecule has 6 nitrogen and oxygen atoms in total. The number of carbonyl (C=O) groups is 1. The van der Waals surface area contributed by atoms with Crippen LogP contribution in [0.2, 0.25) is 0 Å². The number of amides is 1. The van der Waals surface area contributed by atoms with E-state index in [0.717, 1.165) is 25.9 Å². The summed E-state index contributed by atoms with van der Waals surface area (Å²) in [7, 11) is 4.66. The van der Waals surface area contributed by atoms with Crippen molar-refractivity contribution < 1.29 is 19.0 Å². The summed E-state index contributed by atoms with van der Waals surface area (Å²) in [6.07, 6.45) is 2.77. The van der Waals surface area contributed by atoms with Crippen LogP contribution in [-0.2, 0) is 4.79 Å². The van der Waals surface area contributed by atoms with E-state index in [4.69, 9.17) is 14.2 Å². The Kier molecular flexibility index (Phi) is 6.73. The Morgan fingerprint density at radius 1 is 1.17 bits per heavy atom. The van der Waals surface area contributed by atoms with Crippen LogP contribution in [0.15, 0.2) is 12.1 Å². The fourth-order valence-electron chi connectivity index (χ4n) is 3.27. The fraction of sp³-hybridized carbons (Fsp3) is 0.611. The molecule has 0 aromatic heterocycles. The topological polar surface area (TPSA) is 68.8 Å². The second-order valence-corrected chi connectivity index (χ2v) is 6.20. The molecule has 2 rings (SSSR count). The first-order chi connectivity index (χ1) is 11.6. The number of piperidine rings is 1. The molecule has 1 aliphatic rings. The van der Waals surface area contributed by atoms with Gasteiger partial charge in [-0.1, -0.05) is 6.92 Å². The minimum absolute atomic E-state index is 0.00782. The molecule has 24 heavy (non-hydrogen) atoms. The maximum Gasteiger partial charge on any atom is 0.224 e. The van der Waals surface area contributed by atoms with Crippen molar-refractivity contribution in [1.29, 1.82) is 0 Å². The largest absolute Gasteiger partial charge is 0.493 e. The summed E-state index contributed by atoms with van der Waals surface area (Å²) < 4.78 is 16.0. The third-order valence-corrected chi connectivity index (χ3v) is 4.67. The van der Waals surface area contributed by atoms with E-state index in [9.17, 15) is 4.79 Å². The van der Waals surface area contributed by atoms with Crippen LogP contribution in [0.5, 0.6) is 17.2 Å². The fourth-order valence-corrected chi connectivity index (χ4v) is 3.27. The van der Waals surface area contributed by atoms with Crippen molar-refractivity contribution in [3.05, 3.63) is 12.1 Å². The number of carbonyl (C=O) groups excluding carboxylic acids is 1. The van der Waals surface area contributed by atoms with Crippen LogP contribution in [0.4, 0.5) is 5.69 Å². The van der Waals surface area contributed by atoms with Gasteiger partial charge in [-0.25, -0.2) is 0 Å². The monoisotopic (exact) mass is 336 g/mol. The number of rotatable bonds is 7. The van der Waals surface area contributed by atoms with Crippen LogP contribution < -0.4 is 24.8 Å². The molecule has 1 aromatic rings. The van der Waals surface area contributed by atoms with Gasteiger partial charge in [-0.05, 0) is 49.9 Å². The van der Waals surface area contributed by atoms with Crippen molar-refractivity contribution in [2.45, 2.75) is 26.2 Å². The van der Waals surface area contributed by atoms with Crippen LogP contribution in [0.1, 0.15) is 26.2 Å². The zero-order valence-electron chi connectivity index (χ0n) is 15.0. The molecular formula is C18H28N2O4. The van der Waals surface area contributed by atoms with Crippen molar-refractivity contribution >= 4 is 11.6 Å². The van der Waals surface area contributed by atoms with Crippen molar-refractivity contribution in [2.24, 2.45) is 11.8 Å². The van der Waals surface area contributed by atoms with Gasteiger partial charge in [0.25, 0.3) is 0 Å². The molecule has 1 unspecified atom stereocenters. The summed E-state index contributed by atoms with van der Waals surface area (Å²) in [4.78, 5) is 12.4. The van der Waals surface area contributed by atoms with E-state index in [1.165, 1.54) is 0 Å². The van der Waals surface area contributed by atoms with Gasteiger partial charge in [0.05, 0.1) is 27.0 Å². The SMILES string of the molecule is COc1ccc(NC(=O)CC(C)C2CCNCC2)c(OC)c1OC. The molecule has 134 valence electrons. The molecule has 0 saturated carbocycles. The highest BCUT2D eigenvalue weighted by atomic mass is 16.5. The molecule has 1 amide bonds. The molecule has 1 heterocycles. The number of hydrogen-bond donors (Lipinski definition) is 2. The molecule has 0 radical (unpaired) electrons. The van der Waals surface area contributed by atoms with Crippen molar-refractivity contribution in [1.82, 2.24) is 5.32 Å². The first-order valence-corrected chi connectivity index (χ1v) is 8.40. The zero-order chi connectivity index (χ0) is 17.5. The zero-order valence-corrected chi connectivity index (χ0v) is 15.0. The van der Waals surface area contributed by atoms with E-state index in [1.807, 2.05) is 0 Å². The standard InChI is InChI=1S/C18H28N2O4/c1-12(13-7-9-19-10-8-13)11-16(21)20-14-5-6-15(22-2)18(24-4)17(14)23-3/h5-6,12-13,19H,7-11H2,1-4H3,(H,20,21). The smallest absolute Gasteiger partial charge is 0.224 e. The molecular weight excluding hydrogens is 308 g/mol. The van der Waals surface area contributed by atoms with Crippen molar-refractivity contribution in [3.63, 3.8) is 0 Å². The van der Waals surface area contributed by atoms with Crippen LogP contribution in [0, 0.1) is 11.8 Å². The summed E-state index contributed by atoms with van der Waals surface area (Å²) in [6, 6.07) is 3.53. The molecule has 0 aliphatic carbocycles. The predicted molar refractivity (Wildman–Crippen MR) is 94.1 cm³/mol. The van der Waals surface area contributed by atoms with Gasteiger partial charge in [0.15, 0.2) is 11.5 Å². The molecule has 0 spiro atoms. The minimum atomic E-state index is -0.00782. The molecule has 0 bridgehead atoms. The Labute approximate surface area is 143 Å². The number of ether oxygens (including phenoxy) is 3. The van der Waals surface area contributed by atoms with E-state index < -0.39 is 0 Å². The Morgan fingerprint density at radius 3 is 2.42 bits per heavy atom. The molecule has 2 N–H and O–H groups in total. The molecule has 1 atom stereocenters. The molecule has 1 saturated heterocycles. The highest BCUT2D eigenvalue weighted by molar-refractivity contribution is 5.93. The number of hydrogen-bond acceptors (Lipinski definition) is 5. The normalized spacial score (nSPS) is 16.3. The van der Waals surface area contributed by atoms with Gasteiger partial charge in [0.2, 0.25) is 11.7 Å². The average molecular weight is 336 g/mol. The third-order valence-electron chi connectivity index (χ3n) is 4.67. The lowest BCUT2D eigenvalue weighted by Crippen LogP contribution is -2.32. The minimum Gasteiger partial charge on any atom is -0.493 e. The molecule has 1 aliphatic heterocycles. The summed E-state index contributed by atoms with van der Waals surface area (Å²) >= 11 is 0. The predicted octanol–water partition coefficient (Wildman–Crippen LogP) is 2.68. The molecule has 1 fully saturated rings. The number of benzene rings is 1. The van der Waals surface area contributed by atoms with E-state index in [2.05, 4.69) is 17.6 Å². The van der Waals surface area contributed by atoms with E-state index in [-0.39, 0.29) is 5.91 Å². The Hall–Kier alpha value is -1.95. The van der Waals surface area contributed by atoms with Gasteiger partial charge in [0.1, 0.15) is 0 Å². The van der Waals surface area contributed by atoms with E-state index in [0.29, 0.717) is 41.2 Å². The Bertz CT molecular complexity index is 556. The molecule has 6 heteroatoms. The van der Waals surface area contributed by atoms with Gasteiger partial charge in [-0.2, -0.15) is 0 Å². The third kappa shape index (κ3) is 4.32. The number of anilines is 1.